The van der Waals surface area contributed by atoms with Crippen molar-refractivity contribution in [1.29, 1.82) is 0 Å². The fourth-order valence-corrected chi connectivity index (χ4v) is 3.46. The van der Waals surface area contributed by atoms with Gasteiger partial charge in [0.1, 0.15) is 5.78 Å². The molecule has 0 heterocycles. The first-order valence-corrected chi connectivity index (χ1v) is 12.8. The van der Waals surface area contributed by atoms with Crippen LogP contribution in [-0.4, -0.2) is 35.4 Å². The molecule has 7 heteroatoms. The zero-order valence-corrected chi connectivity index (χ0v) is 18.8. The molecule has 0 aliphatic rings. The number of phosphoric ester groups is 1. The Balaban J connectivity index is 3.19. The van der Waals surface area contributed by atoms with Gasteiger partial charge in [-0.2, -0.15) is 0 Å². The molecule has 0 spiro atoms. The van der Waals surface area contributed by atoms with E-state index in [1.807, 2.05) is 0 Å². The molecule has 0 aliphatic carbocycles. The SMILES string of the molecule is CCCCCCCCCCCCCCCCC(=O)CCOCCOP(=O)(O)O. The minimum absolute atomic E-state index is 0.0806. The van der Waals surface area contributed by atoms with Gasteiger partial charge in [-0.05, 0) is 6.42 Å². The number of carbonyl (C=O) groups excluding carboxylic acids is 1. The highest BCUT2D eigenvalue weighted by atomic mass is 31.2. The lowest BCUT2D eigenvalue weighted by molar-refractivity contribution is -0.120. The maximum atomic E-state index is 11.7. The molecule has 2 N–H and O–H groups in total. The highest BCUT2D eigenvalue weighted by Gasteiger charge is 2.12. The first-order valence-electron chi connectivity index (χ1n) is 11.2. The van der Waals surface area contributed by atoms with Crippen LogP contribution >= 0.6 is 7.82 Å². The molecule has 0 fully saturated rings. The first kappa shape index (κ1) is 27.7. The molecule has 0 amide bonds. The van der Waals surface area contributed by atoms with Crippen LogP contribution in [0.5, 0.6) is 0 Å². The quantitative estimate of drug-likeness (QED) is 0.166. The summed E-state index contributed by atoms with van der Waals surface area (Å²) in [4.78, 5) is 28.7. The van der Waals surface area contributed by atoms with Crippen LogP contribution in [0.1, 0.15) is 110 Å². The minimum atomic E-state index is -4.42. The van der Waals surface area contributed by atoms with Crippen molar-refractivity contribution < 1.29 is 28.4 Å². The Morgan fingerprint density at radius 3 is 1.61 bits per heavy atom. The molecule has 6 nitrogen and oxygen atoms in total. The summed E-state index contributed by atoms with van der Waals surface area (Å²) in [5.41, 5.74) is 0. The third-order valence-electron chi connectivity index (χ3n) is 4.82. The molecule has 0 bridgehead atoms. The predicted molar refractivity (Wildman–Crippen MR) is 113 cm³/mol. The fraction of sp³-hybridized carbons (Fsp3) is 0.952. The standard InChI is InChI=1S/C21H43O6P/c1-2-3-4-5-6-7-8-9-10-11-12-13-14-15-16-21(22)17-18-26-19-20-27-28(23,24)25/h2-20H2,1H3,(H2,23,24,25). The molecule has 0 rings (SSSR count). The first-order chi connectivity index (χ1) is 13.5. The van der Waals surface area contributed by atoms with Crippen LogP contribution in [0.4, 0.5) is 0 Å². The lowest BCUT2D eigenvalue weighted by Crippen LogP contribution is -2.08. The van der Waals surface area contributed by atoms with Crippen molar-refractivity contribution in [2.45, 2.75) is 110 Å². The van der Waals surface area contributed by atoms with Crippen LogP contribution in [0.15, 0.2) is 0 Å². The van der Waals surface area contributed by atoms with Gasteiger partial charge in [-0.25, -0.2) is 4.57 Å². The second kappa shape index (κ2) is 20.0. The normalized spacial score (nSPS) is 11.8. The summed E-state index contributed by atoms with van der Waals surface area (Å²) in [5, 5.41) is 0. The molecule has 0 aromatic carbocycles. The van der Waals surface area contributed by atoms with Crippen LogP contribution in [0.25, 0.3) is 0 Å². The van der Waals surface area contributed by atoms with Crippen molar-refractivity contribution in [3.8, 4) is 0 Å². The van der Waals surface area contributed by atoms with Crippen molar-refractivity contribution in [2.75, 3.05) is 19.8 Å². The molecular formula is C21H43O6P. The van der Waals surface area contributed by atoms with Gasteiger partial charge in [-0.3, -0.25) is 9.32 Å². The van der Waals surface area contributed by atoms with E-state index in [9.17, 15) is 9.36 Å². The molecule has 0 aromatic rings. The third-order valence-corrected chi connectivity index (χ3v) is 5.34. The van der Waals surface area contributed by atoms with Crippen LogP contribution in [0.3, 0.4) is 0 Å². The van der Waals surface area contributed by atoms with Gasteiger partial charge in [0.05, 0.1) is 19.8 Å². The van der Waals surface area contributed by atoms with Gasteiger partial charge in [0.25, 0.3) is 0 Å². The molecule has 0 aliphatic heterocycles. The van der Waals surface area contributed by atoms with E-state index in [0.717, 1.165) is 12.8 Å². The van der Waals surface area contributed by atoms with Gasteiger partial charge in [0.15, 0.2) is 0 Å². The maximum absolute atomic E-state index is 11.7. The number of hydrogen-bond donors (Lipinski definition) is 2. The van der Waals surface area contributed by atoms with Gasteiger partial charge in [0.2, 0.25) is 0 Å². The lowest BCUT2D eigenvalue weighted by Gasteiger charge is -2.06. The monoisotopic (exact) mass is 422 g/mol. The number of ketones is 1. The Morgan fingerprint density at radius 1 is 0.679 bits per heavy atom. The average molecular weight is 423 g/mol. The topological polar surface area (TPSA) is 93.1 Å². The smallest absolute Gasteiger partial charge is 0.379 e. The maximum Gasteiger partial charge on any atom is 0.469 e. The molecule has 0 saturated carbocycles. The van der Waals surface area contributed by atoms with E-state index in [1.165, 1.54) is 77.0 Å². The Kier molecular flexibility index (Phi) is 19.8. The zero-order chi connectivity index (χ0) is 20.9. The van der Waals surface area contributed by atoms with Crippen molar-refractivity contribution >= 4 is 13.6 Å². The average Bonchev–Trinajstić information content (AvgIpc) is 2.64. The van der Waals surface area contributed by atoms with E-state index < -0.39 is 7.82 Å². The molecule has 0 radical (unpaired) electrons. The molecule has 28 heavy (non-hydrogen) atoms. The van der Waals surface area contributed by atoms with Gasteiger partial charge in [-0.1, -0.05) is 90.4 Å². The van der Waals surface area contributed by atoms with Crippen molar-refractivity contribution in [3.63, 3.8) is 0 Å². The number of phosphoric acid groups is 1. The van der Waals surface area contributed by atoms with E-state index >= 15 is 0 Å². The molecule has 0 aromatic heterocycles. The van der Waals surface area contributed by atoms with Crippen molar-refractivity contribution in [2.24, 2.45) is 0 Å². The number of unbranched alkanes of at least 4 members (excludes halogenated alkanes) is 13. The summed E-state index contributed by atoms with van der Waals surface area (Å²) in [6, 6.07) is 0. The summed E-state index contributed by atoms with van der Waals surface area (Å²) in [5.74, 6) is 0.190. The molecule has 0 atom stereocenters. The van der Waals surface area contributed by atoms with E-state index in [4.69, 9.17) is 14.5 Å². The van der Waals surface area contributed by atoms with Gasteiger partial charge < -0.3 is 14.5 Å². The molecule has 168 valence electrons. The highest BCUT2D eigenvalue weighted by Crippen LogP contribution is 2.35. The number of Topliss-reactive ketones (excluding diaryl/α,β-unsaturated/α-hetero) is 1. The van der Waals surface area contributed by atoms with Crippen molar-refractivity contribution in [3.05, 3.63) is 0 Å². The summed E-state index contributed by atoms with van der Waals surface area (Å²) in [6.45, 7) is 2.45. The minimum Gasteiger partial charge on any atom is -0.379 e. The summed E-state index contributed by atoms with van der Waals surface area (Å²) in [7, 11) is -4.42. The van der Waals surface area contributed by atoms with Crippen LogP contribution in [0, 0.1) is 0 Å². The van der Waals surface area contributed by atoms with Crippen LogP contribution in [-0.2, 0) is 18.6 Å². The fourth-order valence-electron chi connectivity index (χ4n) is 3.14. The van der Waals surface area contributed by atoms with Crippen LogP contribution < -0.4 is 0 Å². The van der Waals surface area contributed by atoms with Crippen LogP contribution in [0.2, 0.25) is 0 Å². The summed E-state index contributed by atoms with van der Waals surface area (Å²) >= 11 is 0. The molecular weight excluding hydrogens is 379 g/mol. The Bertz CT molecular complexity index is 396. The van der Waals surface area contributed by atoms with E-state index in [0.29, 0.717) is 12.8 Å². The largest absolute Gasteiger partial charge is 0.469 e. The van der Waals surface area contributed by atoms with Gasteiger partial charge >= 0.3 is 7.82 Å². The molecule has 0 saturated heterocycles. The Morgan fingerprint density at radius 2 is 1.14 bits per heavy atom. The predicted octanol–water partition coefficient (Wildman–Crippen LogP) is 5.94. The van der Waals surface area contributed by atoms with E-state index in [1.54, 1.807) is 0 Å². The molecule has 0 unspecified atom stereocenters. The summed E-state index contributed by atoms with van der Waals surface area (Å²) < 4.78 is 19.8. The number of hydrogen-bond acceptors (Lipinski definition) is 4. The Hall–Kier alpha value is -0.260. The van der Waals surface area contributed by atoms with E-state index in [-0.39, 0.29) is 25.6 Å². The second-order valence-electron chi connectivity index (χ2n) is 7.57. The third kappa shape index (κ3) is 23.8. The highest BCUT2D eigenvalue weighted by molar-refractivity contribution is 7.46. The summed E-state index contributed by atoms with van der Waals surface area (Å²) in [6.07, 6.45) is 19.2. The number of ether oxygens (including phenoxy) is 1. The number of rotatable bonds is 22. The number of carbonyl (C=O) groups is 1. The van der Waals surface area contributed by atoms with Gasteiger partial charge in [0, 0.05) is 12.8 Å². The van der Waals surface area contributed by atoms with Gasteiger partial charge in [-0.15, -0.1) is 0 Å². The lowest BCUT2D eigenvalue weighted by atomic mass is 10.0. The Labute approximate surface area is 172 Å². The van der Waals surface area contributed by atoms with Crippen molar-refractivity contribution in [1.82, 2.24) is 0 Å². The second-order valence-corrected chi connectivity index (χ2v) is 8.81. The zero-order valence-electron chi connectivity index (χ0n) is 17.9. The van der Waals surface area contributed by atoms with E-state index in [2.05, 4.69) is 11.4 Å².